The smallest absolute Gasteiger partial charge is 0.321 e. The van der Waals surface area contributed by atoms with E-state index in [1.807, 2.05) is 0 Å². The van der Waals surface area contributed by atoms with E-state index in [9.17, 15) is 9.90 Å². The first kappa shape index (κ1) is 11.9. The minimum absolute atomic E-state index is 0.274. The van der Waals surface area contributed by atoms with E-state index in [2.05, 4.69) is 4.90 Å². The van der Waals surface area contributed by atoms with Crippen molar-refractivity contribution in [2.45, 2.75) is 38.1 Å². The Labute approximate surface area is 96.6 Å². The maximum atomic E-state index is 11.4. The number of aliphatic carboxylic acids is 1. The zero-order valence-electron chi connectivity index (χ0n) is 9.73. The second-order valence-corrected chi connectivity index (χ2v) is 4.83. The van der Waals surface area contributed by atoms with Crippen molar-refractivity contribution in [2.75, 3.05) is 26.3 Å². The van der Waals surface area contributed by atoms with Crippen molar-refractivity contribution in [1.29, 1.82) is 0 Å². The molecule has 1 atom stereocenters. The van der Waals surface area contributed by atoms with E-state index >= 15 is 0 Å². The Balaban J connectivity index is 1.99. The monoisotopic (exact) mass is 227 g/mol. The van der Waals surface area contributed by atoms with Gasteiger partial charge < -0.3 is 9.84 Å². The van der Waals surface area contributed by atoms with Crippen molar-refractivity contribution in [3.8, 4) is 0 Å². The van der Waals surface area contributed by atoms with Crippen molar-refractivity contribution in [3.63, 3.8) is 0 Å². The molecular weight excluding hydrogens is 206 g/mol. The van der Waals surface area contributed by atoms with Crippen LogP contribution >= 0.6 is 0 Å². The molecule has 2 fully saturated rings. The second kappa shape index (κ2) is 5.64. The average molecular weight is 227 g/mol. The molecule has 0 aromatic heterocycles. The van der Waals surface area contributed by atoms with Gasteiger partial charge >= 0.3 is 5.97 Å². The van der Waals surface area contributed by atoms with E-state index < -0.39 is 5.97 Å². The maximum Gasteiger partial charge on any atom is 0.321 e. The van der Waals surface area contributed by atoms with Gasteiger partial charge in [0.15, 0.2) is 0 Å². The highest BCUT2D eigenvalue weighted by Gasteiger charge is 2.34. The first-order valence-electron chi connectivity index (χ1n) is 6.33. The summed E-state index contributed by atoms with van der Waals surface area (Å²) in [6.45, 7) is 3.35. The van der Waals surface area contributed by atoms with Crippen molar-refractivity contribution in [2.24, 2.45) is 5.92 Å². The SMILES string of the molecule is O=C(O)C(C1CCOCC1)N1CCCCC1. The normalized spacial score (nSPS) is 26.5. The van der Waals surface area contributed by atoms with E-state index in [1.54, 1.807) is 0 Å². The zero-order valence-corrected chi connectivity index (χ0v) is 9.73. The average Bonchev–Trinajstić information content (AvgIpc) is 2.31. The summed E-state index contributed by atoms with van der Waals surface area (Å²) in [5, 5.41) is 9.40. The van der Waals surface area contributed by atoms with E-state index in [1.165, 1.54) is 6.42 Å². The van der Waals surface area contributed by atoms with Crippen LogP contribution in [0.3, 0.4) is 0 Å². The number of piperidine rings is 1. The third kappa shape index (κ3) is 2.74. The largest absolute Gasteiger partial charge is 0.480 e. The molecule has 2 aliphatic heterocycles. The molecule has 0 radical (unpaired) electrons. The zero-order chi connectivity index (χ0) is 11.4. The van der Waals surface area contributed by atoms with Crippen LogP contribution < -0.4 is 0 Å². The van der Waals surface area contributed by atoms with Crippen LogP contribution in [0.4, 0.5) is 0 Å². The fraction of sp³-hybridized carbons (Fsp3) is 0.917. The van der Waals surface area contributed by atoms with Gasteiger partial charge in [0.25, 0.3) is 0 Å². The van der Waals surface area contributed by atoms with Gasteiger partial charge in [-0.15, -0.1) is 0 Å². The summed E-state index contributed by atoms with van der Waals surface area (Å²) >= 11 is 0. The lowest BCUT2D eigenvalue weighted by Crippen LogP contribution is -2.49. The molecule has 0 bridgehead atoms. The van der Waals surface area contributed by atoms with Crippen LogP contribution in [0.2, 0.25) is 0 Å². The van der Waals surface area contributed by atoms with Crippen molar-refractivity contribution in [3.05, 3.63) is 0 Å². The van der Waals surface area contributed by atoms with Gasteiger partial charge in [0.05, 0.1) is 0 Å². The molecule has 0 spiro atoms. The lowest BCUT2D eigenvalue weighted by Gasteiger charge is -2.37. The molecular formula is C12H21NO3. The highest BCUT2D eigenvalue weighted by Crippen LogP contribution is 2.25. The summed E-state index contributed by atoms with van der Waals surface area (Å²) < 4.78 is 5.31. The predicted molar refractivity (Wildman–Crippen MR) is 60.4 cm³/mol. The van der Waals surface area contributed by atoms with Crippen molar-refractivity contribution >= 4 is 5.97 Å². The van der Waals surface area contributed by atoms with Gasteiger partial charge in [-0.1, -0.05) is 6.42 Å². The molecule has 0 aromatic rings. The highest BCUT2D eigenvalue weighted by molar-refractivity contribution is 5.74. The molecule has 2 aliphatic rings. The fourth-order valence-electron chi connectivity index (χ4n) is 2.88. The van der Waals surface area contributed by atoms with E-state index in [0.717, 1.165) is 52.0 Å². The van der Waals surface area contributed by atoms with Crippen LogP contribution in [0.25, 0.3) is 0 Å². The molecule has 0 aliphatic carbocycles. The van der Waals surface area contributed by atoms with Crippen LogP contribution in [0.15, 0.2) is 0 Å². The third-order valence-corrected chi connectivity index (χ3v) is 3.75. The second-order valence-electron chi connectivity index (χ2n) is 4.83. The Kier molecular flexibility index (Phi) is 4.18. The Morgan fingerprint density at radius 2 is 1.81 bits per heavy atom. The van der Waals surface area contributed by atoms with Crippen LogP contribution in [0.1, 0.15) is 32.1 Å². The van der Waals surface area contributed by atoms with Crippen molar-refractivity contribution < 1.29 is 14.6 Å². The molecule has 1 unspecified atom stereocenters. The Morgan fingerprint density at radius 3 is 2.38 bits per heavy atom. The summed E-state index contributed by atoms with van der Waals surface area (Å²) in [5.74, 6) is -0.363. The number of carboxylic acids is 1. The van der Waals surface area contributed by atoms with Gasteiger partial charge in [0, 0.05) is 13.2 Å². The van der Waals surface area contributed by atoms with Crippen LogP contribution in [0, 0.1) is 5.92 Å². The van der Waals surface area contributed by atoms with E-state index in [4.69, 9.17) is 4.74 Å². The molecule has 0 saturated carbocycles. The first-order valence-corrected chi connectivity index (χ1v) is 6.33. The number of ether oxygens (including phenoxy) is 1. The quantitative estimate of drug-likeness (QED) is 0.790. The van der Waals surface area contributed by atoms with Gasteiger partial charge in [-0.3, -0.25) is 9.69 Å². The molecule has 4 heteroatoms. The Morgan fingerprint density at radius 1 is 1.19 bits per heavy atom. The summed E-state index contributed by atoms with van der Waals surface area (Å²) in [7, 11) is 0. The molecule has 0 aromatic carbocycles. The van der Waals surface area contributed by atoms with Gasteiger partial charge in [-0.2, -0.15) is 0 Å². The van der Waals surface area contributed by atoms with Gasteiger partial charge in [-0.05, 0) is 44.7 Å². The lowest BCUT2D eigenvalue weighted by atomic mass is 9.89. The Hall–Kier alpha value is -0.610. The molecule has 2 heterocycles. The summed E-state index contributed by atoms with van der Waals surface area (Å²) in [6, 6.07) is -0.274. The number of hydrogen-bond donors (Lipinski definition) is 1. The molecule has 92 valence electrons. The first-order chi connectivity index (χ1) is 7.79. The molecule has 0 amide bonds. The van der Waals surface area contributed by atoms with Gasteiger partial charge in [0.1, 0.15) is 6.04 Å². The summed E-state index contributed by atoms with van der Waals surface area (Å²) in [6.07, 6.45) is 5.33. The van der Waals surface area contributed by atoms with Crippen LogP contribution in [-0.2, 0) is 9.53 Å². The number of rotatable bonds is 3. The number of carboxylic acid groups (broad SMARTS) is 1. The molecule has 4 nitrogen and oxygen atoms in total. The lowest BCUT2D eigenvalue weighted by molar-refractivity contribution is -0.147. The third-order valence-electron chi connectivity index (χ3n) is 3.75. The summed E-state index contributed by atoms with van der Waals surface area (Å²) in [4.78, 5) is 13.6. The Bertz CT molecular complexity index is 214. The van der Waals surface area contributed by atoms with Crippen LogP contribution in [0.5, 0.6) is 0 Å². The maximum absolute atomic E-state index is 11.4. The fourth-order valence-corrected chi connectivity index (χ4v) is 2.88. The number of hydrogen-bond acceptors (Lipinski definition) is 3. The molecule has 1 N–H and O–H groups in total. The number of likely N-dealkylation sites (tertiary alicyclic amines) is 1. The van der Waals surface area contributed by atoms with E-state index in [-0.39, 0.29) is 12.0 Å². The number of carbonyl (C=O) groups is 1. The topological polar surface area (TPSA) is 49.8 Å². The minimum Gasteiger partial charge on any atom is -0.480 e. The van der Waals surface area contributed by atoms with Gasteiger partial charge in [-0.25, -0.2) is 0 Å². The molecule has 2 saturated heterocycles. The standard InChI is InChI=1S/C12H21NO3/c14-12(15)11(10-4-8-16-9-5-10)13-6-2-1-3-7-13/h10-11H,1-9H2,(H,14,15). The van der Waals surface area contributed by atoms with Gasteiger partial charge in [0.2, 0.25) is 0 Å². The van der Waals surface area contributed by atoms with E-state index in [0.29, 0.717) is 0 Å². The highest BCUT2D eigenvalue weighted by atomic mass is 16.5. The van der Waals surface area contributed by atoms with Crippen molar-refractivity contribution in [1.82, 2.24) is 4.90 Å². The molecule has 16 heavy (non-hydrogen) atoms. The summed E-state index contributed by atoms with van der Waals surface area (Å²) in [5.41, 5.74) is 0. The minimum atomic E-state index is -0.645. The van der Waals surface area contributed by atoms with Crippen LogP contribution in [-0.4, -0.2) is 48.3 Å². The number of nitrogens with zero attached hydrogens (tertiary/aromatic N) is 1. The predicted octanol–water partition coefficient (Wildman–Crippen LogP) is 1.35. The molecule has 2 rings (SSSR count).